The molecule has 0 aliphatic rings. The third-order valence-corrected chi connectivity index (χ3v) is 4.73. The Morgan fingerprint density at radius 3 is 2.30 bits per heavy atom. The first-order valence-corrected chi connectivity index (χ1v) is 9.21. The predicted octanol–water partition coefficient (Wildman–Crippen LogP) is 3.87. The number of aryl methyl sites for hydroxylation is 1. The second kappa shape index (κ2) is 7.92. The van der Waals surface area contributed by atoms with E-state index in [-0.39, 0.29) is 4.90 Å². The molecule has 0 amide bonds. The average molecular weight is 330 g/mol. The summed E-state index contributed by atoms with van der Waals surface area (Å²) in [5.41, 5.74) is 2.70. The maximum atomic E-state index is 12.3. The van der Waals surface area contributed by atoms with Crippen molar-refractivity contribution in [1.29, 1.82) is 0 Å². The maximum Gasteiger partial charge on any atom is 0.276 e. The van der Waals surface area contributed by atoms with Gasteiger partial charge in [0.25, 0.3) is 10.0 Å². The Bertz CT molecular complexity index is 751. The molecule has 0 saturated carbocycles. The third-order valence-electron chi connectivity index (χ3n) is 3.51. The topological polar surface area (TPSA) is 58.5 Å². The largest absolute Gasteiger partial charge is 0.276 e. The summed E-state index contributed by atoms with van der Waals surface area (Å²) in [7, 11) is -3.64. The summed E-state index contributed by atoms with van der Waals surface area (Å²) in [4.78, 5) is 2.58. The average Bonchev–Trinajstić information content (AvgIpc) is 2.56. The first-order chi connectivity index (χ1) is 11.0. The van der Waals surface area contributed by atoms with Gasteiger partial charge in [-0.1, -0.05) is 61.4 Å². The van der Waals surface area contributed by atoms with E-state index in [9.17, 15) is 8.42 Å². The molecule has 0 aromatic heterocycles. The van der Waals surface area contributed by atoms with E-state index in [1.54, 1.807) is 24.3 Å². The van der Waals surface area contributed by atoms with E-state index >= 15 is 0 Å². The van der Waals surface area contributed by atoms with Gasteiger partial charge < -0.3 is 0 Å². The van der Waals surface area contributed by atoms with Crippen LogP contribution in [0.3, 0.4) is 0 Å². The number of nitrogens with zero attached hydrogens (tertiary/aromatic N) is 1. The van der Waals surface area contributed by atoms with Crippen molar-refractivity contribution < 1.29 is 8.42 Å². The molecule has 0 bridgehead atoms. The van der Waals surface area contributed by atoms with Crippen LogP contribution in [-0.4, -0.2) is 14.1 Å². The van der Waals surface area contributed by atoms with Crippen LogP contribution in [0.15, 0.2) is 64.6 Å². The zero-order chi connectivity index (χ0) is 16.7. The molecule has 0 aliphatic heterocycles. The van der Waals surface area contributed by atoms with Crippen LogP contribution in [0.25, 0.3) is 0 Å². The standard InChI is InChI=1S/C18H22N2O2S/c1-3-4-10-18(16-8-6-5-7-9-16)19-20-23(21,22)17-13-11-15(2)12-14-17/h5-9,11-14,20H,3-4,10H2,1-2H3/b19-18+. The van der Waals surface area contributed by atoms with E-state index in [1.807, 2.05) is 37.3 Å². The smallest absolute Gasteiger partial charge is 0.200 e. The van der Waals surface area contributed by atoms with Crippen LogP contribution >= 0.6 is 0 Å². The van der Waals surface area contributed by atoms with Crippen LogP contribution in [0.4, 0.5) is 0 Å². The van der Waals surface area contributed by atoms with Crippen molar-refractivity contribution in [2.75, 3.05) is 0 Å². The van der Waals surface area contributed by atoms with Gasteiger partial charge in [0, 0.05) is 0 Å². The number of hydrogen-bond donors (Lipinski definition) is 1. The van der Waals surface area contributed by atoms with Gasteiger partial charge in [0.05, 0.1) is 10.6 Å². The fourth-order valence-corrected chi connectivity index (χ4v) is 2.96. The van der Waals surface area contributed by atoms with Crippen molar-refractivity contribution in [2.24, 2.45) is 5.10 Å². The maximum absolute atomic E-state index is 12.3. The van der Waals surface area contributed by atoms with Gasteiger partial charge in [-0.25, -0.2) is 0 Å². The molecule has 0 fully saturated rings. The van der Waals surface area contributed by atoms with Crippen molar-refractivity contribution in [3.05, 3.63) is 65.7 Å². The van der Waals surface area contributed by atoms with Gasteiger partial charge in [-0.05, 0) is 37.5 Å². The Morgan fingerprint density at radius 2 is 1.70 bits per heavy atom. The van der Waals surface area contributed by atoms with Gasteiger partial charge in [0.15, 0.2) is 0 Å². The summed E-state index contributed by atoms with van der Waals surface area (Å²) in [6, 6.07) is 16.4. The van der Waals surface area contributed by atoms with Crippen LogP contribution in [0, 0.1) is 6.92 Å². The number of hydrazone groups is 1. The second-order valence-corrected chi connectivity index (χ2v) is 7.10. The number of sulfonamides is 1. The van der Waals surface area contributed by atoms with E-state index in [0.717, 1.165) is 36.1 Å². The molecule has 23 heavy (non-hydrogen) atoms. The molecule has 0 unspecified atom stereocenters. The first kappa shape index (κ1) is 17.2. The minimum absolute atomic E-state index is 0.217. The molecular weight excluding hydrogens is 308 g/mol. The van der Waals surface area contributed by atoms with Gasteiger partial charge in [0.2, 0.25) is 0 Å². The molecule has 0 saturated heterocycles. The lowest BCUT2D eigenvalue weighted by atomic mass is 10.1. The molecular formula is C18H22N2O2S. The highest BCUT2D eigenvalue weighted by Crippen LogP contribution is 2.12. The Kier molecular flexibility index (Phi) is 5.93. The summed E-state index contributed by atoms with van der Waals surface area (Å²) < 4.78 is 24.7. The summed E-state index contributed by atoms with van der Waals surface area (Å²) in [5.74, 6) is 0. The molecule has 2 aromatic carbocycles. The lowest BCUT2D eigenvalue weighted by molar-refractivity contribution is 0.584. The molecule has 0 radical (unpaired) electrons. The van der Waals surface area contributed by atoms with Crippen LogP contribution < -0.4 is 4.83 Å². The van der Waals surface area contributed by atoms with Crippen LogP contribution in [0.1, 0.15) is 37.3 Å². The molecule has 0 spiro atoms. The fraction of sp³-hybridized carbons (Fsp3) is 0.278. The van der Waals surface area contributed by atoms with E-state index < -0.39 is 10.0 Å². The van der Waals surface area contributed by atoms with Crippen LogP contribution in [0.5, 0.6) is 0 Å². The van der Waals surface area contributed by atoms with Crippen LogP contribution in [-0.2, 0) is 10.0 Å². The minimum Gasteiger partial charge on any atom is -0.200 e. The summed E-state index contributed by atoms with van der Waals surface area (Å²) in [6.07, 6.45) is 2.72. The Morgan fingerprint density at radius 1 is 1.04 bits per heavy atom. The number of nitrogens with one attached hydrogen (secondary N) is 1. The molecule has 2 aromatic rings. The van der Waals surface area contributed by atoms with Crippen molar-refractivity contribution in [3.8, 4) is 0 Å². The zero-order valence-corrected chi connectivity index (χ0v) is 14.3. The Balaban J connectivity index is 2.23. The molecule has 0 aliphatic carbocycles. The zero-order valence-electron chi connectivity index (χ0n) is 13.5. The normalized spacial score (nSPS) is 12.2. The van der Waals surface area contributed by atoms with Crippen LogP contribution in [0.2, 0.25) is 0 Å². The highest BCUT2D eigenvalue weighted by molar-refractivity contribution is 7.89. The quantitative estimate of drug-likeness (QED) is 0.619. The fourth-order valence-electron chi connectivity index (χ4n) is 2.12. The molecule has 1 N–H and O–H groups in total. The monoisotopic (exact) mass is 330 g/mol. The Labute approximate surface area is 138 Å². The van der Waals surface area contributed by atoms with E-state index in [1.165, 1.54) is 0 Å². The molecule has 2 rings (SSSR count). The number of unbranched alkanes of at least 4 members (excludes halogenated alkanes) is 1. The number of benzene rings is 2. The lowest BCUT2D eigenvalue weighted by Crippen LogP contribution is -2.20. The van der Waals surface area contributed by atoms with E-state index in [0.29, 0.717) is 0 Å². The summed E-state index contributed by atoms with van der Waals surface area (Å²) in [6.45, 7) is 4.01. The predicted molar refractivity (Wildman–Crippen MR) is 94.0 cm³/mol. The first-order valence-electron chi connectivity index (χ1n) is 7.73. The number of rotatable bonds is 7. The van der Waals surface area contributed by atoms with Gasteiger partial charge >= 0.3 is 0 Å². The number of hydrogen-bond acceptors (Lipinski definition) is 3. The van der Waals surface area contributed by atoms with Gasteiger partial charge in [0.1, 0.15) is 0 Å². The highest BCUT2D eigenvalue weighted by atomic mass is 32.2. The van der Waals surface area contributed by atoms with Crippen molar-refractivity contribution in [3.63, 3.8) is 0 Å². The summed E-state index contributed by atoms with van der Waals surface area (Å²) >= 11 is 0. The van der Waals surface area contributed by atoms with E-state index in [2.05, 4.69) is 16.9 Å². The van der Waals surface area contributed by atoms with Gasteiger partial charge in [-0.15, -0.1) is 0 Å². The third kappa shape index (κ3) is 4.93. The molecule has 122 valence electrons. The highest BCUT2D eigenvalue weighted by Gasteiger charge is 2.13. The Hall–Kier alpha value is -2.14. The molecule has 4 nitrogen and oxygen atoms in total. The lowest BCUT2D eigenvalue weighted by Gasteiger charge is -2.08. The molecule has 0 atom stereocenters. The van der Waals surface area contributed by atoms with Crippen molar-refractivity contribution >= 4 is 15.7 Å². The van der Waals surface area contributed by atoms with Crippen molar-refractivity contribution in [1.82, 2.24) is 4.83 Å². The minimum atomic E-state index is -3.64. The second-order valence-electron chi connectivity index (χ2n) is 5.44. The molecule has 0 heterocycles. The van der Waals surface area contributed by atoms with Gasteiger partial charge in [-0.2, -0.15) is 18.4 Å². The van der Waals surface area contributed by atoms with Crippen molar-refractivity contribution in [2.45, 2.75) is 38.0 Å². The van der Waals surface area contributed by atoms with Gasteiger partial charge in [-0.3, -0.25) is 0 Å². The summed E-state index contributed by atoms with van der Waals surface area (Å²) in [5, 5.41) is 4.18. The van der Waals surface area contributed by atoms with E-state index in [4.69, 9.17) is 0 Å². The SMILES string of the molecule is CCCC/C(=N\NS(=O)(=O)c1ccc(C)cc1)c1ccccc1. The molecule has 5 heteroatoms.